The van der Waals surface area contributed by atoms with Crippen LogP contribution in [0.25, 0.3) is 0 Å². The fourth-order valence-electron chi connectivity index (χ4n) is 2.10. The number of hydrogen-bond donors (Lipinski definition) is 0. The van der Waals surface area contributed by atoms with Crippen LogP contribution < -0.4 is 4.74 Å². The van der Waals surface area contributed by atoms with Gasteiger partial charge in [0.25, 0.3) is 5.24 Å². The van der Waals surface area contributed by atoms with Gasteiger partial charge >= 0.3 is 12.1 Å². The SMILES string of the molecule is COC(=O)c1c(OC)nc(C(F)(F)F)c(C(=O)Cl)c1CC(C)C. The van der Waals surface area contributed by atoms with E-state index in [0.717, 1.165) is 14.2 Å². The van der Waals surface area contributed by atoms with Gasteiger partial charge in [-0.25, -0.2) is 9.78 Å². The molecule has 0 radical (unpaired) electrons. The number of halogens is 4. The molecule has 0 N–H and O–H groups in total. The second kappa shape index (κ2) is 7.16. The monoisotopic (exact) mass is 353 g/mol. The molecule has 0 amide bonds. The molecule has 0 atom stereocenters. The molecule has 0 aliphatic heterocycles. The van der Waals surface area contributed by atoms with Crippen LogP contribution in [0.4, 0.5) is 13.2 Å². The fraction of sp³-hybridized carbons (Fsp3) is 0.500. The Labute approximate surface area is 135 Å². The Kier molecular flexibility index (Phi) is 5.98. The van der Waals surface area contributed by atoms with Gasteiger partial charge in [-0.3, -0.25) is 4.79 Å². The van der Waals surface area contributed by atoms with Crippen LogP contribution in [0.2, 0.25) is 0 Å². The number of hydrogen-bond acceptors (Lipinski definition) is 5. The van der Waals surface area contributed by atoms with E-state index < -0.39 is 34.5 Å². The average molecular weight is 354 g/mol. The highest BCUT2D eigenvalue weighted by molar-refractivity contribution is 6.68. The van der Waals surface area contributed by atoms with Crippen molar-refractivity contribution >= 4 is 22.8 Å². The van der Waals surface area contributed by atoms with E-state index in [-0.39, 0.29) is 23.5 Å². The first-order valence-corrected chi connectivity index (χ1v) is 6.88. The van der Waals surface area contributed by atoms with Crippen LogP contribution in [-0.4, -0.2) is 30.4 Å². The van der Waals surface area contributed by atoms with E-state index in [0.29, 0.717) is 0 Å². The fourth-order valence-corrected chi connectivity index (χ4v) is 2.30. The zero-order valence-electron chi connectivity index (χ0n) is 12.9. The number of nitrogens with zero attached hydrogens (tertiary/aromatic N) is 1. The summed E-state index contributed by atoms with van der Waals surface area (Å²) in [6.07, 6.45) is -4.95. The number of methoxy groups -OCH3 is 2. The third kappa shape index (κ3) is 4.13. The molecule has 0 unspecified atom stereocenters. The van der Waals surface area contributed by atoms with E-state index in [1.165, 1.54) is 0 Å². The Balaban J connectivity index is 3.94. The van der Waals surface area contributed by atoms with Gasteiger partial charge in [0, 0.05) is 0 Å². The molecule has 0 fully saturated rings. The van der Waals surface area contributed by atoms with Crippen molar-refractivity contribution in [3.05, 3.63) is 22.4 Å². The van der Waals surface area contributed by atoms with Crippen molar-refractivity contribution in [3.63, 3.8) is 0 Å². The number of ether oxygens (including phenoxy) is 2. The van der Waals surface area contributed by atoms with Crippen LogP contribution in [0.15, 0.2) is 0 Å². The standard InChI is InChI=1S/C14H15ClF3NO4/c1-6(2)5-7-8(11(15)20)10(14(16,17)18)19-12(22-3)9(7)13(21)23-4/h6H,5H2,1-4H3. The molecule has 1 rings (SSSR count). The highest BCUT2D eigenvalue weighted by Gasteiger charge is 2.41. The van der Waals surface area contributed by atoms with Gasteiger partial charge in [0.15, 0.2) is 5.69 Å². The molecule has 1 heterocycles. The molecule has 0 aliphatic rings. The number of pyridine rings is 1. The number of aromatic nitrogens is 1. The van der Waals surface area contributed by atoms with Crippen molar-refractivity contribution in [1.82, 2.24) is 4.98 Å². The molecule has 0 saturated carbocycles. The molecule has 0 bridgehead atoms. The van der Waals surface area contributed by atoms with Crippen LogP contribution in [0.5, 0.6) is 5.88 Å². The van der Waals surface area contributed by atoms with Gasteiger partial charge in [0.05, 0.1) is 19.8 Å². The average Bonchev–Trinajstić information content (AvgIpc) is 2.43. The Morgan fingerprint density at radius 1 is 1.22 bits per heavy atom. The second-order valence-electron chi connectivity index (χ2n) is 5.06. The summed E-state index contributed by atoms with van der Waals surface area (Å²) in [5, 5.41) is -1.35. The minimum atomic E-state index is -4.94. The summed E-state index contributed by atoms with van der Waals surface area (Å²) in [6, 6.07) is 0. The summed E-state index contributed by atoms with van der Waals surface area (Å²) < 4.78 is 49.0. The first-order valence-electron chi connectivity index (χ1n) is 6.50. The summed E-state index contributed by atoms with van der Waals surface area (Å²) in [5.74, 6) is -1.69. The molecule has 5 nitrogen and oxygen atoms in total. The number of rotatable bonds is 5. The van der Waals surface area contributed by atoms with Crippen molar-refractivity contribution in [3.8, 4) is 5.88 Å². The highest BCUT2D eigenvalue weighted by atomic mass is 35.5. The summed E-state index contributed by atoms with van der Waals surface area (Å²) >= 11 is 5.35. The van der Waals surface area contributed by atoms with E-state index >= 15 is 0 Å². The van der Waals surface area contributed by atoms with Crippen molar-refractivity contribution in [1.29, 1.82) is 0 Å². The van der Waals surface area contributed by atoms with Crippen molar-refractivity contribution in [2.45, 2.75) is 26.4 Å². The van der Waals surface area contributed by atoms with Gasteiger partial charge in [-0.2, -0.15) is 13.2 Å². The zero-order valence-corrected chi connectivity index (χ0v) is 13.6. The summed E-state index contributed by atoms with van der Waals surface area (Å²) in [5.41, 5.74) is -2.86. The summed E-state index contributed by atoms with van der Waals surface area (Å²) in [4.78, 5) is 26.8. The zero-order chi connectivity index (χ0) is 17.9. The van der Waals surface area contributed by atoms with E-state index in [2.05, 4.69) is 9.72 Å². The van der Waals surface area contributed by atoms with Gasteiger partial charge < -0.3 is 9.47 Å². The van der Waals surface area contributed by atoms with Crippen molar-refractivity contribution in [2.75, 3.05) is 14.2 Å². The lowest BCUT2D eigenvalue weighted by Crippen LogP contribution is -2.22. The molecular weight excluding hydrogens is 339 g/mol. The van der Waals surface area contributed by atoms with Gasteiger partial charge in [-0.05, 0) is 29.5 Å². The molecule has 1 aromatic rings. The quantitative estimate of drug-likeness (QED) is 0.599. The van der Waals surface area contributed by atoms with Crippen molar-refractivity contribution < 1.29 is 32.2 Å². The molecule has 23 heavy (non-hydrogen) atoms. The van der Waals surface area contributed by atoms with E-state index in [1.54, 1.807) is 13.8 Å². The van der Waals surface area contributed by atoms with Crippen LogP contribution in [0, 0.1) is 5.92 Å². The number of carbonyl (C=O) groups excluding carboxylic acids is 2. The second-order valence-corrected chi connectivity index (χ2v) is 5.40. The van der Waals surface area contributed by atoms with Gasteiger partial charge in [-0.1, -0.05) is 13.8 Å². The van der Waals surface area contributed by atoms with Crippen LogP contribution >= 0.6 is 11.6 Å². The Bertz CT molecular complexity index is 629. The third-order valence-corrected chi connectivity index (χ3v) is 3.12. The van der Waals surface area contributed by atoms with Crippen molar-refractivity contribution in [2.24, 2.45) is 5.92 Å². The number of carbonyl (C=O) groups is 2. The predicted octanol–water partition coefficient (Wildman–Crippen LogP) is 3.47. The smallest absolute Gasteiger partial charge is 0.434 e. The molecule has 128 valence electrons. The maximum absolute atomic E-state index is 13.2. The topological polar surface area (TPSA) is 65.5 Å². The van der Waals surface area contributed by atoms with Crippen LogP contribution in [0.1, 0.15) is 45.8 Å². The Morgan fingerprint density at radius 2 is 1.78 bits per heavy atom. The number of alkyl halides is 3. The van der Waals surface area contributed by atoms with Gasteiger partial charge in [0.1, 0.15) is 5.56 Å². The molecule has 0 spiro atoms. The first-order chi connectivity index (χ1) is 10.5. The molecule has 0 saturated heterocycles. The number of esters is 1. The normalized spacial score (nSPS) is 11.5. The first kappa shape index (κ1) is 19.2. The molecule has 0 aliphatic carbocycles. The predicted molar refractivity (Wildman–Crippen MR) is 75.9 cm³/mol. The molecule has 1 aromatic heterocycles. The highest BCUT2D eigenvalue weighted by Crippen LogP contribution is 2.38. The maximum Gasteiger partial charge on any atom is 0.434 e. The summed E-state index contributed by atoms with van der Waals surface area (Å²) in [7, 11) is 2.12. The lowest BCUT2D eigenvalue weighted by Gasteiger charge is -2.19. The maximum atomic E-state index is 13.2. The minimum Gasteiger partial charge on any atom is -0.480 e. The van der Waals surface area contributed by atoms with E-state index in [9.17, 15) is 22.8 Å². The minimum absolute atomic E-state index is 0.0137. The van der Waals surface area contributed by atoms with Crippen LogP contribution in [0.3, 0.4) is 0 Å². The van der Waals surface area contributed by atoms with Gasteiger partial charge in [-0.15, -0.1) is 0 Å². The molecular formula is C14H15ClF3NO4. The van der Waals surface area contributed by atoms with E-state index in [1.807, 2.05) is 0 Å². The lowest BCUT2D eigenvalue weighted by atomic mass is 9.93. The molecule has 9 heteroatoms. The Morgan fingerprint density at radius 3 is 2.13 bits per heavy atom. The van der Waals surface area contributed by atoms with Gasteiger partial charge in [0.2, 0.25) is 5.88 Å². The van der Waals surface area contributed by atoms with Crippen LogP contribution in [-0.2, 0) is 17.3 Å². The summed E-state index contributed by atoms with van der Waals surface area (Å²) in [6.45, 7) is 3.42. The largest absolute Gasteiger partial charge is 0.480 e. The lowest BCUT2D eigenvalue weighted by molar-refractivity contribution is -0.141. The molecule has 0 aromatic carbocycles. The van der Waals surface area contributed by atoms with E-state index in [4.69, 9.17) is 16.3 Å². The Hall–Kier alpha value is -1.83. The third-order valence-electron chi connectivity index (χ3n) is 2.93.